The summed E-state index contributed by atoms with van der Waals surface area (Å²) in [5.74, 6) is 1.93. The number of benzene rings is 2. The van der Waals surface area contributed by atoms with Crippen LogP contribution < -0.4 is 0 Å². The number of hydrogen-bond acceptors (Lipinski definition) is 2. The van der Waals surface area contributed by atoms with Gasteiger partial charge in [0.1, 0.15) is 11.6 Å². The first-order valence-corrected chi connectivity index (χ1v) is 9.14. The van der Waals surface area contributed by atoms with Crippen molar-refractivity contribution in [3.63, 3.8) is 0 Å². The van der Waals surface area contributed by atoms with Gasteiger partial charge in [0.05, 0.1) is 22.1 Å². The highest BCUT2D eigenvalue weighted by Crippen LogP contribution is 2.41. The maximum atomic E-state index is 4.77. The quantitative estimate of drug-likeness (QED) is 0.473. The molecule has 4 aromatic rings. The number of fused-ring (bicyclic) bond motifs is 2. The van der Waals surface area contributed by atoms with E-state index in [0.29, 0.717) is 0 Å². The van der Waals surface area contributed by atoms with Crippen LogP contribution in [0.3, 0.4) is 0 Å². The van der Waals surface area contributed by atoms with Crippen LogP contribution in [-0.2, 0) is 0 Å². The molecule has 4 rings (SSSR count). The van der Waals surface area contributed by atoms with Crippen LogP contribution in [0, 0.1) is 55.4 Å². The second-order valence-electron chi connectivity index (χ2n) is 7.59. The third-order valence-corrected chi connectivity index (χ3v) is 5.98. The van der Waals surface area contributed by atoms with E-state index in [2.05, 4.69) is 51.5 Å². The van der Waals surface area contributed by atoms with Crippen LogP contribution in [0.2, 0.25) is 0 Å². The third-order valence-electron chi connectivity index (χ3n) is 5.98. The lowest BCUT2D eigenvalue weighted by atomic mass is 9.84. The molecule has 0 saturated carbocycles. The van der Waals surface area contributed by atoms with Gasteiger partial charge >= 0.3 is 0 Å². The van der Waals surface area contributed by atoms with Crippen molar-refractivity contribution in [3.8, 4) is 11.1 Å². The number of nitrogens with one attached hydrogen (secondary N) is 2. The van der Waals surface area contributed by atoms with Crippen molar-refractivity contribution in [2.45, 2.75) is 55.4 Å². The first-order chi connectivity index (χ1) is 12.2. The van der Waals surface area contributed by atoms with Crippen LogP contribution in [0.4, 0.5) is 0 Å². The van der Waals surface area contributed by atoms with Gasteiger partial charge in [0.2, 0.25) is 0 Å². The van der Waals surface area contributed by atoms with Crippen molar-refractivity contribution in [2.24, 2.45) is 0 Å². The summed E-state index contributed by atoms with van der Waals surface area (Å²) in [6.07, 6.45) is 0. The van der Waals surface area contributed by atoms with E-state index in [1.54, 1.807) is 0 Å². The lowest BCUT2D eigenvalue weighted by molar-refractivity contribution is 1.17. The minimum Gasteiger partial charge on any atom is -0.342 e. The molecule has 0 aliphatic rings. The van der Waals surface area contributed by atoms with Crippen molar-refractivity contribution >= 4 is 22.1 Å². The molecule has 2 N–H and O–H groups in total. The van der Waals surface area contributed by atoms with E-state index >= 15 is 0 Å². The maximum absolute atomic E-state index is 4.77. The predicted octanol–water partition coefficient (Wildman–Crippen LogP) is 5.57. The number of aromatic amines is 2. The van der Waals surface area contributed by atoms with Crippen LogP contribution >= 0.6 is 0 Å². The average Bonchev–Trinajstić information content (AvgIpc) is 3.17. The Morgan fingerprint density at radius 3 is 1.15 bits per heavy atom. The Kier molecular flexibility index (Phi) is 3.52. The molecule has 0 amide bonds. The van der Waals surface area contributed by atoms with Crippen LogP contribution in [-0.4, -0.2) is 19.9 Å². The molecule has 0 saturated heterocycles. The lowest BCUT2D eigenvalue weighted by Gasteiger charge is -2.20. The Hall–Kier alpha value is -2.62. The van der Waals surface area contributed by atoms with E-state index in [4.69, 9.17) is 9.97 Å². The van der Waals surface area contributed by atoms with Gasteiger partial charge < -0.3 is 9.97 Å². The molecule has 2 aromatic carbocycles. The number of aryl methyl sites for hydroxylation is 6. The molecule has 2 heterocycles. The van der Waals surface area contributed by atoms with Crippen LogP contribution in [0.15, 0.2) is 0 Å². The zero-order chi connectivity index (χ0) is 18.9. The molecule has 4 nitrogen and oxygen atoms in total. The van der Waals surface area contributed by atoms with Crippen LogP contribution in [0.1, 0.15) is 45.0 Å². The number of imidazole rings is 2. The molecule has 4 heteroatoms. The monoisotopic (exact) mass is 346 g/mol. The molecule has 0 bridgehead atoms. The summed E-state index contributed by atoms with van der Waals surface area (Å²) in [6, 6.07) is 0. The van der Waals surface area contributed by atoms with E-state index in [1.165, 1.54) is 44.5 Å². The van der Waals surface area contributed by atoms with Crippen molar-refractivity contribution in [2.75, 3.05) is 0 Å². The zero-order valence-electron chi connectivity index (χ0n) is 16.9. The molecular weight excluding hydrogens is 320 g/mol. The molecule has 0 radical (unpaired) electrons. The SMILES string of the molecule is Cc1nc2c(C)c(-c3c(C)c(C)c4[nH]c(C)nc4c3C)c(C)c(C)c2[nH]1. The highest BCUT2D eigenvalue weighted by Gasteiger charge is 2.22. The van der Waals surface area contributed by atoms with Crippen molar-refractivity contribution < 1.29 is 0 Å². The van der Waals surface area contributed by atoms with Gasteiger partial charge in [-0.2, -0.15) is 0 Å². The summed E-state index contributed by atoms with van der Waals surface area (Å²) in [7, 11) is 0. The van der Waals surface area contributed by atoms with Crippen molar-refractivity contribution in [1.82, 2.24) is 19.9 Å². The highest BCUT2D eigenvalue weighted by molar-refractivity contribution is 5.98. The molecule has 0 aliphatic carbocycles. The van der Waals surface area contributed by atoms with E-state index in [1.807, 2.05) is 13.8 Å². The standard InChI is InChI=1S/C22H26N4/c1-9-11(3)19-21(25-15(7)23-19)13(5)17(9)18-10(2)12(4)20-22(14(18)6)26-16(8)24-20/h1-8H3,(H,23,25)(H,24,26). The predicted molar refractivity (Wildman–Crippen MR) is 109 cm³/mol. The van der Waals surface area contributed by atoms with Gasteiger partial charge in [0.25, 0.3) is 0 Å². The fourth-order valence-electron chi connectivity index (χ4n) is 4.37. The van der Waals surface area contributed by atoms with E-state index < -0.39 is 0 Å². The van der Waals surface area contributed by atoms with Crippen molar-refractivity contribution in [3.05, 3.63) is 45.0 Å². The fourth-order valence-corrected chi connectivity index (χ4v) is 4.37. The normalized spacial score (nSPS) is 11.8. The molecule has 0 unspecified atom stereocenters. The summed E-state index contributed by atoms with van der Waals surface area (Å²) >= 11 is 0. The zero-order valence-corrected chi connectivity index (χ0v) is 16.9. The largest absolute Gasteiger partial charge is 0.342 e. The molecule has 2 aromatic heterocycles. The van der Waals surface area contributed by atoms with Crippen molar-refractivity contribution in [1.29, 1.82) is 0 Å². The van der Waals surface area contributed by atoms with E-state index in [9.17, 15) is 0 Å². The van der Waals surface area contributed by atoms with Gasteiger partial charge in [-0.1, -0.05) is 0 Å². The number of rotatable bonds is 1. The molecular formula is C22H26N4. The Bertz CT molecular complexity index is 1110. The average molecular weight is 346 g/mol. The van der Waals surface area contributed by atoms with Gasteiger partial charge in [-0.15, -0.1) is 0 Å². The van der Waals surface area contributed by atoms with Gasteiger partial charge in [0, 0.05) is 0 Å². The number of nitrogens with zero attached hydrogens (tertiary/aromatic N) is 2. The summed E-state index contributed by atoms with van der Waals surface area (Å²) < 4.78 is 0. The smallest absolute Gasteiger partial charge is 0.104 e. The number of hydrogen-bond donors (Lipinski definition) is 2. The molecule has 134 valence electrons. The van der Waals surface area contributed by atoms with Gasteiger partial charge in [-0.3, -0.25) is 0 Å². The summed E-state index contributed by atoms with van der Waals surface area (Å²) in [6.45, 7) is 17.3. The third kappa shape index (κ3) is 2.08. The highest BCUT2D eigenvalue weighted by atomic mass is 14.9. The topological polar surface area (TPSA) is 57.4 Å². The first-order valence-electron chi connectivity index (χ1n) is 9.14. The van der Waals surface area contributed by atoms with Crippen LogP contribution in [0.25, 0.3) is 33.2 Å². The Labute approximate surface area is 154 Å². The molecule has 0 spiro atoms. The van der Waals surface area contributed by atoms with E-state index in [-0.39, 0.29) is 0 Å². The molecule has 0 aliphatic heterocycles. The second kappa shape index (κ2) is 5.44. The first kappa shape index (κ1) is 16.8. The Morgan fingerprint density at radius 2 is 0.808 bits per heavy atom. The fraction of sp³-hybridized carbons (Fsp3) is 0.364. The van der Waals surface area contributed by atoms with Gasteiger partial charge in [0.15, 0.2) is 0 Å². The molecule has 26 heavy (non-hydrogen) atoms. The molecule has 0 fully saturated rings. The lowest BCUT2D eigenvalue weighted by Crippen LogP contribution is -2.00. The Balaban J connectivity index is 2.21. The minimum absolute atomic E-state index is 0.964. The van der Waals surface area contributed by atoms with Gasteiger partial charge in [-0.25, -0.2) is 9.97 Å². The summed E-state index contributed by atoms with van der Waals surface area (Å²) in [5, 5.41) is 0. The maximum Gasteiger partial charge on any atom is 0.104 e. The minimum atomic E-state index is 0.964. The van der Waals surface area contributed by atoms with E-state index in [0.717, 1.165) is 33.7 Å². The Morgan fingerprint density at radius 1 is 0.462 bits per heavy atom. The summed E-state index contributed by atoms with van der Waals surface area (Å²) in [5.41, 5.74) is 14.7. The number of aromatic nitrogens is 4. The van der Waals surface area contributed by atoms with Gasteiger partial charge in [-0.05, 0) is 99.9 Å². The number of H-pyrrole nitrogens is 2. The second-order valence-corrected chi connectivity index (χ2v) is 7.59. The van der Waals surface area contributed by atoms with Crippen LogP contribution in [0.5, 0.6) is 0 Å². The molecule has 0 atom stereocenters. The summed E-state index contributed by atoms with van der Waals surface area (Å²) in [4.78, 5) is 16.4.